The first-order valence-electron chi connectivity index (χ1n) is 7.09. The molecule has 5 nitrogen and oxygen atoms in total. The minimum absolute atomic E-state index is 0.0143. The Bertz CT molecular complexity index is 378. The van der Waals surface area contributed by atoms with E-state index < -0.39 is 23.3 Å². The van der Waals surface area contributed by atoms with Gasteiger partial charge in [0.25, 0.3) is 0 Å². The number of rotatable bonds is 6. The molecule has 1 rings (SSSR count). The Morgan fingerprint density at radius 1 is 1.40 bits per heavy atom. The topological polar surface area (TPSA) is 98.0 Å². The molecule has 0 amide bonds. The zero-order valence-electron chi connectivity index (χ0n) is 12.5. The third-order valence-electron chi connectivity index (χ3n) is 4.30. The Morgan fingerprint density at radius 3 is 2.40 bits per heavy atom. The van der Waals surface area contributed by atoms with Gasteiger partial charge in [-0.1, -0.05) is 6.08 Å². The van der Waals surface area contributed by atoms with Crippen LogP contribution in [0.5, 0.6) is 0 Å². The van der Waals surface area contributed by atoms with Crippen molar-refractivity contribution in [3.8, 4) is 0 Å². The lowest BCUT2D eigenvalue weighted by molar-refractivity contribution is -0.133. The summed E-state index contributed by atoms with van der Waals surface area (Å²) in [6, 6.07) is 0. The minimum Gasteiger partial charge on any atom is -0.478 e. The van der Waals surface area contributed by atoms with E-state index in [1.165, 1.54) is 13.8 Å². The van der Waals surface area contributed by atoms with Crippen molar-refractivity contribution in [2.24, 2.45) is 5.92 Å². The molecule has 0 saturated carbocycles. The number of hydrogen-bond acceptors (Lipinski definition) is 4. The van der Waals surface area contributed by atoms with Crippen molar-refractivity contribution in [2.45, 2.75) is 70.2 Å². The quantitative estimate of drug-likeness (QED) is 0.592. The Morgan fingerprint density at radius 2 is 2.00 bits per heavy atom. The fourth-order valence-electron chi connectivity index (χ4n) is 2.58. The van der Waals surface area contributed by atoms with Crippen molar-refractivity contribution in [3.05, 3.63) is 11.6 Å². The number of hydrogen-bond donors (Lipinski definition) is 4. The van der Waals surface area contributed by atoms with Crippen LogP contribution in [0, 0.1) is 5.92 Å². The van der Waals surface area contributed by atoms with Crippen molar-refractivity contribution in [1.82, 2.24) is 0 Å². The average Bonchev–Trinajstić information content (AvgIpc) is 2.35. The Kier molecular flexibility index (Phi) is 5.35. The maximum atomic E-state index is 10.8. The number of allylic oxidation sites excluding steroid dienone is 1. The van der Waals surface area contributed by atoms with Gasteiger partial charge in [-0.2, -0.15) is 0 Å². The van der Waals surface area contributed by atoms with Crippen LogP contribution in [-0.4, -0.2) is 43.7 Å². The molecule has 0 spiro atoms. The summed E-state index contributed by atoms with van der Waals surface area (Å²) >= 11 is 0. The van der Waals surface area contributed by atoms with Gasteiger partial charge in [0.1, 0.15) is 0 Å². The van der Waals surface area contributed by atoms with Crippen LogP contribution in [0.2, 0.25) is 0 Å². The van der Waals surface area contributed by atoms with Crippen LogP contribution in [0.15, 0.2) is 11.6 Å². The van der Waals surface area contributed by atoms with E-state index >= 15 is 0 Å². The van der Waals surface area contributed by atoms with Crippen LogP contribution in [-0.2, 0) is 4.79 Å². The number of carboxylic acids is 1. The van der Waals surface area contributed by atoms with Crippen LogP contribution in [0.1, 0.15) is 52.9 Å². The van der Waals surface area contributed by atoms with Gasteiger partial charge < -0.3 is 20.4 Å². The SMILES string of the molecule is CC(C)(O)[C@@H](O)CC[C@@](C)(O)[C@@H]1CC=C(C(=O)O)CC1. The first-order valence-corrected chi connectivity index (χ1v) is 7.09. The van der Waals surface area contributed by atoms with Crippen molar-refractivity contribution in [1.29, 1.82) is 0 Å². The van der Waals surface area contributed by atoms with Gasteiger partial charge >= 0.3 is 5.97 Å². The molecule has 0 saturated heterocycles. The second-order valence-electron chi connectivity index (χ2n) is 6.57. The Balaban J connectivity index is 2.56. The third-order valence-corrected chi connectivity index (χ3v) is 4.30. The highest BCUT2D eigenvalue weighted by atomic mass is 16.4. The Hall–Kier alpha value is -0.910. The first kappa shape index (κ1) is 17.1. The summed E-state index contributed by atoms with van der Waals surface area (Å²) in [5.74, 6) is -0.903. The second-order valence-corrected chi connectivity index (χ2v) is 6.57. The predicted molar refractivity (Wildman–Crippen MR) is 75.2 cm³/mol. The van der Waals surface area contributed by atoms with Crippen LogP contribution in [0.3, 0.4) is 0 Å². The minimum atomic E-state index is -1.18. The van der Waals surface area contributed by atoms with E-state index in [1.54, 1.807) is 13.0 Å². The van der Waals surface area contributed by atoms with Crippen LogP contribution < -0.4 is 0 Å². The van der Waals surface area contributed by atoms with Crippen LogP contribution >= 0.6 is 0 Å². The maximum absolute atomic E-state index is 10.8. The average molecular weight is 286 g/mol. The number of aliphatic hydroxyl groups excluding tert-OH is 1. The number of aliphatic carboxylic acids is 1. The largest absolute Gasteiger partial charge is 0.478 e. The molecule has 0 unspecified atom stereocenters. The van der Waals surface area contributed by atoms with Gasteiger partial charge in [-0.15, -0.1) is 0 Å². The lowest BCUT2D eigenvalue weighted by Crippen LogP contribution is -2.41. The van der Waals surface area contributed by atoms with Gasteiger partial charge in [0.15, 0.2) is 0 Å². The fourth-order valence-corrected chi connectivity index (χ4v) is 2.58. The normalized spacial score (nSPS) is 24.7. The number of aliphatic hydroxyl groups is 3. The van der Waals surface area contributed by atoms with Crippen molar-refractivity contribution >= 4 is 5.97 Å². The summed E-state index contributed by atoms with van der Waals surface area (Å²) in [7, 11) is 0. The maximum Gasteiger partial charge on any atom is 0.331 e. The first-order chi connectivity index (χ1) is 9.04. The van der Waals surface area contributed by atoms with Crippen LogP contribution in [0.25, 0.3) is 0 Å². The van der Waals surface area contributed by atoms with E-state index in [0.717, 1.165) is 0 Å². The van der Waals surface area contributed by atoms with Gasteiger partial charge in [-0.05, 0) is 58.8 Å². The highest BCUT2D eigenvalue weighted by molar-refractivity contribution is 5.86. The summed E-state index contributed by atoms with van der Waals surface area (Å²) in [5, 5.41) is 38.9. The van der Waals surface area contributed by atoms with E-state index in [1.807, 2.05) is 0 Å². The van der Waals surface area contributed by atoms with Crippen molar-refractivity contribution < 1.29 is 25.2 Å². The fraction of sp³-hybridized carbons (Fsp3) is 0.800. The molecule has 0 aromatic heterocycles. The molecule has 5 heteroatoms. The van der Waals surface area contributed by atoms with Gasteiger partial charge in [0, 0.05) is 5.57 Å². The number of carbonyl (C=O) groups is 1. The molecule has 4 N–H and O–H groups in total. The van der Waals surface area contributed by atoms with Crippen LogP contribution in [0.4, 0.5) is 0 Å². The molecule has 0 radical (unpaired) electrons. The molecule has 3 atom stereocenters. The summed E-state index contributed by atoms with van der Waals surface area (Å²) < 4.78 is 0. The lowest BCUT2D eigenvalue weighted by atomic mass is 9.75. The van der Waals surface area contributed by atoms with Crippen molar-refractivity contribution in [3.63, 3.8) is 0 Å². The van der Waals surface area contributed by atoms with Gasteiger partial charge in [-0.3, -0.25) is 0 Å². The monoisotopic (exact) mass is 286 g/mol. The van der Waals surface area contributed by atoms with E-state index in [4.69, 9.17) is 5.11 Å². The molecule has 1 aliphatic rings. The van der Waals surface area contributed by atoms with E-state index in [2.05, 4.69) is 0 Å². The molecule has 0 fully saturated rings. The standard InChI is InChI=1S/C15H26O5/c1-14(2,19)12(16)8-9-15(3,20)11-6-4-10(5-7-11)13(17)18/h4,11-12,16,19-20H,5-9H2,1-3H3,(H,17,18)/t11-,12+,15-/m1/s1. The molecule has 0 aromatic carbocycles. The predicted octanol–water partition coefficient (Wildman–Crippen LogP) is 1.46. The van der Waals surface area contributed by atoms with Crippen molar-refractivity contribution in [2.75, 3.05) is 0 Å². The summed E-state index contributed by atoms with van der Waals surface area (Å²) in [5.41, 5.74) is -1.74. The molecular weight excluding hydrogens is 260 g/mol. The molecule has 0 aliphatic heterocycles. The lowest BCUT2D eigenvalue weighted by Gasteiger charge is -2.36. The third kappa shape index (κ3) is 4.58. The summed E-state index contributed by atoms with van der Waals surface area (Å²) in [4.78, 5) is 10.8. The number of carboxylic acid groups (broad SMARTS) is 1. The van der Waals surface area contributed by atoms with E-state index in [9.17, 15) is 20.1 Å². The zero-order valence-corrected chi connectivity index (χ0v) is 12.5. The Labute approximate surface area is 119 Å². The highest BCUT2D eigenvalue weighted by Crippen LogP contribution is 2.35. The zero-order chi connectivity index (χ0) is 15.6. The van der Waals surface area contributed by atoms with E-state index in [0.29, 0.717) is 37.7 Å². The summed E-state index contributed by atoms with van der Waals surface area (Å²) in [6.07, 6.45) is 3.10. The summed E-state index contributed by atoms with van der Waals surface area (Å²) in [6.45, 7) is 4.79. The molecule has 0 aromatic rings. The molecule has 116 valence electrons. The molecule has 0 bridgehead atoms. The highest BCUT2D eigenvalue weighted by Gasteiger charge is 2.35. The molecular formula is C15H26O5. The second kappa shape index (κ2) is 6.24. The van der Waals surface area contributed by atoms with Gasteiger partial charge in [-0.25, -0.2) is 4.79 Å². The van der Waals surface area contributed by atoms with Gasteiger partial charge in [0.05, 0.1) is 17.3 Å². The van der Waals surface area contributed by atoms with E-state index in [-0.39, 0.29) is 5.92 Å². The molecule has 0 heterocycles. The van der Waals surface area contributed by atoms with Gasteiger partial charge in [0.2, 0.25) is 0 Å². The molecule has 20 heavy (non-hydrogen) atoms. The smallest absolute Gasteiger partial charge is 0.331 e. The molecule has 1 aliphatic carbocycles.